The van der Waals surface area contributed by atoms with E-state index < -0.39 is 0 Å². The topological polar surface area (TPSA) is 49.4 Å². The van der Waals surface area contributed by atoms with Crippen LogP contribution in [0, 0.1) is 23.7 Å². The SMILES string of the molecule is O=C(NC1CCCC1)[C@@H]1[C@@H](C(=O)N2CCCC2)[C@@H]2C=C[C@@H]1C2. The van der Waals surface area contributed by atoms with Crippen molar-refractivity contribution in [2.75, 3.05) is 13.1 Å². The van der Waals surface area contributed by atoms with Crippen molar-refractivity contribution in [3.8, 4) is 0 Å². The fourth-order valence-corrected chi connectivity index (χ4v) is 5.03. The highest BCUT2D eigenvalue weighted by Gasteiger charge is 2.52. The first kappa shape index (κ1) is 14.3. The molecule has 2 saturated carbocycles. The fraction of sp³-hybridized carbons (Fsp3) is 0.778. The summed E-state index contributed by atoms with van der Waals surface area (Å²) < 4.78 is 0. The largest absolute Gasteiger partial charge is 0.353 e. The number of nitrogens with one attached hydrogen (secondary N) is 1. The molecular weight excluding hydrogens is 276 g/mol. The molecule has 3 aliphatic carbocycles. The summed E-state index contributed by atoms with van der Waals surface area (Å²) in [7, 11) is 0. The highest BCUT2D eigenvalue weighted by molar-refractivity contribution is 5.90. The van der Waals surface area contributed by atoms with Crippen LogP contribution < -0.4 is 5.32 Å². The molecule has 120 valence electrons. The van der Waals surface area contributed by atoms with Crippen molar-refractivity contribution in [1.29, 1.82) is 0 Å². The van der Waals surface area contributed by atoms with Crippen LogP contribution in [0.25, 0.3) is 0 Å². The van der Waals surface area contributed by atoms with E-state index >= 15 is 0 Å². The van der Waals surface area contributed by atoms with E-state index in [-0.39, 0.29) is 35.5 Å². The minimum absolute atomic E-state index is 0.102. The summed E-state index contributed by atoms with van der Waals surface area (Å²) in [4.78, 5) is 27.7. The first-order valence-corrected chi connectivity index (χ1v) is 9.01. The van der Waals surface area contributed by atoms with E-state index in [1.54, 1.807) is 0 Å². The molecule has 2 amide bonds. The first-order valence-electron chi connectivity index (χ1n) is 9.01. The lowest BCUT2D eigenvalue weighted by molar-refractivity contribution is -0.141. The Bertz CT molecular complexity index is 489. The quantitative estimate of drug-likeness (QED) is 0.812. The van der Waals surface area contributed by atoms with Crippen molar-refractivity contribution < 1.29 is 9.59 Å². The standard InChI is InChI=1S/C18H26N2O2/c21-17(19-14-5-1-2-6-14)15-12-7-8-13(11-12)16(15)18(22)20-9-3-4-10-20/h7-8,12-16H,1-6,9-11H2,(H,19,21)/t12-,13-,15+,16+/m1/s1. The van der Waals surface area contributed by atoms with E-state index in [4.69, 9.17) is 0 Å². The molecule has 0 spiro atoms. The highest BCUT2D eigenvalue weighted by Crippen LogP contribution is 2.49. The summed E-state index contributed by atoms with van der Waals surface area (Å²) in [5.74, 6) is 0.723. The van der Waals surface area contributed by atoms with Gasteiger partial charge in [-0.25, -0.2) is 0 Å². The summed E-state index contributed by atoms with van der Waals surface area (Å²) in [5.41, 5.74) is 0. The molecule has 4 rings (SSSR count). The monoisotopic (exact) mass is 302 g/mol. The van der Waals surface area contributed by atoms with E-state index in [1.165, 1.54) is 12.8 Å². The summed E-state index contributed by atoms with van der Waals surface area (Å²) in [5, 5.41) is 3.24. The number of hydrogen-bond acceptors (Lipinski definition) is 2. The molecule has 22 heavy (non-hydrogen) atoms. The van der Waals surface area contributed by atoms with Gasteiger partial charge in [-0.05, 0) is 43.9 Å². The van der Waals surface area contributed by atoms with Gasteiger partial charge in [-0.15, -0.1) is 0 Å². The summed E-state index contributed by atoms with van der Waals surface area (Å²) >= 11 is 0. The Hall–Kier alpha value is -1.32. The van der Waals surface area contributed by atoms with Crippen molar-refractivity contribution in [2.24, 2.45) is 23.7 Å². The molecule has 1 aliphatic heterocycles. The number of likely N-dealkylation sites (tertiary alicyclic amines) is 1. The molecule has 0 aromatic rings. The van der Waals surface area contributed by atoms with Crippen LogP contribution >= 0.6 is 0 Å². The van der Waals surface area contributed by atoms with Gasteiger partial charge in [-0.2, -0.15) is 0 Å². The van der Waals surface area contributed by atoms with E-state index in [0.717, 1.165) is 45.2 Å². The van der Waals surface area contributed by atoms with E-state index in [0.29, 0.717) is 6.04 Å². The van der Waals surface area contributed by atoms with Crippen LogP contribution in [0.4, 0.5) is 0 Å². The van der Waals surface area contributed by atoms with Crippen molar-refractivity contribution in [1.82, 2.24) is 10.2 Å². The zero-order valence-electron chi connectivity index (χ0n) is 13.2. The van der Waals surface area contributed by atoms with Crippen LogP contribution in [0.5, 0.6) is 0 Å². The van der Waals surface area contributed by atoms with Gasteiger partial charge in [-0.1, -0.05) is 25.0 Å². The Kier molecular flexibility index (Phi) is 3.71. The molecule has 0 aromatic heterocycles. The number of allylic oxidation sites excluding steroid dienone is 2. The van der Waals surface area contributed by atoms with Crippen LogP contribution in [-0.4, -0.2) is 35.8 Å². The minimum atomic E-state index is -0.122. The van der Waals surface area contributed by atoms with Gasteiger partial charge in [0.05, 0.1) is 11.8 Å². The average molecular weight is 302 g/mol. The van der Waals surface area contributed by atoms with E-state index in [2.05, 4.69) is 17.5 Å². The normalized spacial score (nSPS) is 37.2. The smallest absolute Gasteiger partial charge is 0.227 e. The van der Waals surface area contributed by atoms with Crippen LogP contribution in [0.15, 0.2) is 12.2 Å². The Morgan fingerprint density at radius 1 is 0.909 bits per heavy atom. The maximum atomic E-state index is 12.9. The van der Waals surface area contributed by atoms with E-state index in [9.17, 15) is 9.59 Å². The van der Waals surface area contributed by atoms with Crippen LogP contribution in [0.3, 0.4) is 0 Å². The van der Waals surface area contributed by atoms with Crippen molar-refractivity contribution in [2.45, 2.75) is 51.0 Å². The lowest BCUT2D eigenvalue weighted by Crippen LogP contribution is -2.46. The highest BCUT2D eigenvalue weighted by atomic mass is 16.2. The molecule has 0 aromatic carbocycles. The van der Waals surface area contributed by atoms with Gasteiger partial charge in [0.1, 0.15) is 0 Å². The predicted molar refractivity (Wildman–Crippen MR) is 83.9 cm³/mol. The Labute approximate surface area is 132 Å². The summed E-state index contributed by atoms with van der Waals surface area (Å²) in [6.07, 6.45) is 12.2. The molecule has 2 bridgehead atoms. The summed E-state index contributed by atoms with van der Waals surface area (Å²) in [6.45, 7) is 1.76. The third-order valence-corrected chi connectivity index (χ3v) is 6.17. The second-order valence-electron chi connectivity index (χ2n) is 7.52. The molecule has 4 heteroatoms. The molecule has 4 atom stereocenters. The van der Waals surface area contributed by atoms with Gasteiger partial charge in [0, 0.05) is 19.1 Å². The third kappa shape index (κ3) is 2.37. The van der Waals surface area contributed by atoms with Crippen LogP contribution in [0.2, 0.25) is 0 Å². The molecule has 1 N–H and O–H groups in total. The number of amides is 2. The van der Waals surface area contributed by atoms with Gasteiger partial charge < -0.3 is 10.2 Å². The predicted octanol–water partition coefficient (Wildman–Crippen LogP) is 2.11. The lowest BCUT2D eigenvalue weighted by atomic mass is 9.81. The number of carbonyl (C=O) groups excluding carboxylic acids is 2. The number of carbonyl (C=O) groups is 2. The van der Waals surface area contributed by atoms with Crippen LogP contribution in [-0.2, 0) is 9.59 Å². The van der Waals surface area contributed by atoms with Gasteiger partial charge in [0.25, 0.3) is 0 Å². The molecule has 1 heterocycles. The molecule has 0 unspecified atom stereocenters. The zero-order valence-corrected chi connectivity index (χ0v) is 13.2. The number of hydrogen-bond donors (Lipinski definition) is 1. The molecule has 4 aliphatic rings. The summed E-state index contributed by atoms with van der Waals surface area (Å²) in [6, 6.07) is 0.346. The first-order chi connectivity index (χ1) is 10.7. The minimum Gasteiger partial charge on any atom is -0.353 e. The zero-order chi connectivity index (χ0) is 15.1. The molecule has 1 saturated heterocycles. The second kappa shape index (κ2) is 5.71. The number of nitrogens with zero attached hydrogens (tertiary/aromatic N) is 1. The second-order valence-corrected chi connectivity index (χ2v) is 7.52. The Balaban J connectivity index is 1.49. The van der Waals surface area contributed by atoms with Gasteiger partial charge >= 0.3 is 0 Å². The lowest BCUT2D eigenvalue weighted by Gasteiger charge is -2.30. The Morgan fingerprint density at radius 2 is 1.55 bits per heavy atom. The van der Waals surface area contributed by atoms with Gasteiger partial charge in [-0.3, -0.25) is 9.59 Å². The van der Waals surface area contributed by atoms with Crippen molar-refractivity contribution >= 4 is 11.8 Å². The van der Waals surface area contributed by atoms with Crippen LogP contribution in [0.1, 0.15) is 44.9 Å². The van der Waals surface area contributed by atoms with Crippen molar-refractivity contribution in [3.63, 3.8) is 0 Å². The van der Waals surface area contributed by atoms with Gasteiger partial charge in [0.15, 0.2) is 0 Å². The molecule has 0 radical (unpaired) electrons. The number of fused-ring (bicyclic) bond motifs is 2. The molecule has 3 fully saturated rings. The molecule has 4 nitrogen and oxygen atoms in total. The van der Waals surface area contributed by atoms with Gasteiger partial charge in [0.2, 0.25) is 11.8 Å². The average Bonchev–Trinajstić information content (AvgIpc) is 3.27. The maximum absolute atomic E-state index is 12.9. The fourth-order valence-electron chi connectivity index (χ4n) is 5.03. The number of rotatable bonds is 3. The molecular formula is C18H26N2O2. The third-order valence-electron chi connectivity index (χ3n) is 6.17. The van der Waals surface area contributed by atoms with Crippen molar-refractivity contribution in [3.05, 3.63) is 12.2 Å². The maximum Gasteiger partial charge on any atom is 0.227 e. The van der Waals surface area contributed by atoms with E-state index in [1.807, 2.05) is 4.90 Å². The Morgan fingerprint density at radius 3 is 2.23 bits per heavy atom.